The number of aliphatic carboxylic acids is 1. The third-order valence-corrected chi connectivity index (χ3v) is 7.34. The van der Waals surface area contributed by atoms with E-state index in [1.807, 2.05) is 45.0 Å². The van der Waals surface area contributed by atoms with Gasteiger partial charge in [0.25, 0.3) is 0 Å². The van der Waals surface area contributed by atoms with E-state index in [2.05, 4.69) is 29.6 Å². The maximum atomic E-state index is 13.2. The Morgan fingerprint density at radius 1 is 1.06 bits per heavy atom. The van der Waals surface area contributed by atoms with Crippen LogP contribution in [-0.4, -0.2) is 53.7 Å². The highest BCUT2D eigenvalue weighted by atomic mass is 16.5. The van der Waals surface area contributed by atoms with E-state index < -0.39 is 24.0 Å². The molecule has 1 unspecified atom stereocenters. The molecule has 4 atom stereocenters. The molecule has 1 aliphatic heterocycles. The zero-order chi connectivity index (χ0) is 24.4. The molecule has 2 aromatic carbocycles. The lowest BCUT2D eigenvalue weighted by atomic mass is 9.97. The van der Waals surface area contributed by atoms with Crippen LogP contribution in [0.5, 0.6) is 0 Å². The number of nitrogens with one attached hydrogen (secondary N) is 1. The van der Waals surface area contributed by atoms with Gasteiger partial charge in [-0.25, -0.2) is 4.79 Å². The lowest BCUT2D eigenvalue weighted by molar-refractivity contribution is -0.142. The summed E-state index contributed by atoms with van der Waals surface area (Å²) in [7, 11) is 0. The number of hydrogen-bond acceptors (Lipinski definition) is 4. The van der Waals surface area contributed by atoms with E-state index in [-0.39, 0.29) is 36.8 Å². The summed E-state index contributed by atoms with van der Waals surface area (Å²) in [5.74, 6) is -2.05. The fourth-order valence-corrected chi connectivity index (χ4v) is 5.12. The fourth-order valence-electron chi connectivity index (χ4n) is 5.12. The highest BCUT2D eigenvalue weighted by Gasteiger charge is 2.40. The van der Waals surface area contributed by atoms with Crippen LogP contribution in [0, 0.1) is 17.8 Å². The molecule has 180 valence electrons. The first kappa shape index (κ1) is 23.8. The van der Waals surface area contributed by atoms with Crippen molar-refractivity contribution in [2.24, 2.45) is 17.8 Å². The van der Waals surface area contributed by atoms with Crippen molar-refractivity contribution in [2.75, 3.05) is 19.7 Å². The van der Waals surface area contributed by atoms with E-state index >= 15 is 0 Å². The number of benzene rings is 2. The quantitative estimate of drug-likeness (QED) is 0.643. The second-order valence-electron chi connectivity index (χ2n) is 9.50. The van der Waals surface area contributed by atoms with Gasteiger partial charge < -0.3 is 20.1 Å². The molecule has 34 heavy (non-hydrogen) atoms. The van der Waals surface area contributed by atoms with Gasteiger partial charge in [-0.05, 0) is 34.1 Å². The number of hydrogen-bond donors (Lipinski definition) is 2. The number of amides is 2. The molecule has 2 N–H and O–H groups in total. The third-order valence-electron chi connectivity index (χ3n) is 7.34. The summed E-state index contributed by atoms with van der Waals surface area (Å²) in [5, 5.41) is 12.2. The summed E-state index contributed by atoms with van der Waals surface area (Å²) >= 11 is 0. The molecule has 0 bridgehead atoms. The highest BCUT2D eigenvalue weighted by Crippen LogP contribution is 2.44. The molecule has 2 aromatic rings. The van der Waals surface area contributed by atoms with E-state index in [4.69, 9.17) is 4.74 Å². The van der Waals surface area contributed by atoms with Gasteiger partial charge in [-0.3, -0.25) is 9.59 Å². The number of carbonyl (C=O) groups excluding carboxylic acids is 2. The molecule has 4 rings (SSSR count). The Morgan fingerprint density at radius 2 is 1.65 bits per heavy atom. The van der Waals surface area contributed by atoms with Gasteiger partial charge >= 0.3 is 12.1 Å². The Bertz CT molecular complexity index is 1040. The minimum absolute atomic E-state index is 0.0633. The number of rotatable bonds is 7. The van der Waals surface area contributed by atoms with Crippen molar-refractivity contribution in [3.05, 3.63) is 59.7 Å². The molecule has 0 radical (unpaired) electrons. The molecule has 1 fully saturated rings. The van der Waals surface area contributed by atoms with Crippen molar-refractivity contribution in [1.82, 2.24) is 10.2 Å². The Labute approximate surface area is 200 Å². The normalized spacial score (nSPS) is 20.9. The summed E-state index contributed by atoms with van der Waals surface area (Å²) < 4.78 is 5.64. The predicted octanol–water partition coefficient (Wildman–Crippen LogP) is 4.12. The molecule has 0 saturated carbocycles. The van der Waals surface area contributed by atoms with E-state index in [0.29, 0.717) is 13.0 Å². The summed E-state index contributed by atoms with van der Waals surface area (Å²) in [6.45, 7) is 6.40. The molecule has 1 heterocycles. The van der Waals surface area contributed by atoms with Crippen LogP contribution in [0.4, 0.5) is 4.79 Å². The zero-order valence-corrected chi connectivity index (χ0v) is 19.9. The predicted molar refractivity (Wildman–Crippen MR) is 128 cm³/mol. The van der Waals surface area contributed by atoms with Crippen LogP contribution >= 0.6 is 0 Å². The van der Waals surface area contributed by atoms with Crippen LogP contribution < -0.4 is 5.32 Å². The van der Waals surface area contributed by atoms with Gasteiger partial charge in [0.1, 0.15) is 12.6 Å². The molecule has 7 nitrogen and oxygen atoms in total. The molecular formula is C27H32N2O5. The van der Waals surface area contributed by atoms with Crippen molar-refractivity contribution in [2.45, 2.75) is 39.2 Å². The van der Waals surface area contributed by atoms with Crippen molar-refractivity contribution in [3.63, 3.8) is 0 Å². The highest BCUT2D eigenvalue weighted by molar-refractivity contribution is 5.87. The number of nitrogens with zero attached hydrogens (tertiary/aromatic N) is 1. The minimum atomic E-state index is -0.896. The molecule has 2 aliphatic rings. The monoisotopic (exact) mass is 464 g/mol. The first-order valence-electron chi connectivity index (χ1n) is 11.9. The standard InChI is InChI=1S/C27H32N2O5/c1-4-16(2)24(25(30)29-13-17(3)22(14-29)26(31)32)28-27(33)34-15-23-20-11-7-5-9-18(20)19-10-6-8-12-21(19)23/h5-12,16-17,22-24H,4,13-15H2,1-3H3,(H,28,33)(H,31,32)/t16?,17-,22-,24+/m1/s1. The number of carbonyl (C=O) groups is 3. The van der Waals surface area contributed by atoms with Gasteiger partial charge in [0.05, 0.1) is 5.92 Å². The number of alkyl carbamates (subject to hydrolysis) is 1. The Kier molecular flexibility index (Phi) is 6.91. The van der Waals surface area contributed by atoms with Gasteiger partial charge in [0.2, 0.25) is 5.91 Å². The van der Waals surface area contributed by atoms with Crippen LogP contribution in [0.3, 0.4) is 0 Å². The number of likely N-dealkylation sites (tertiary alicyclic amines) is 1. The second-order valence-corrected chi connectivity index (χ2v) is 9.50. The summed E-state index contributed by atoms with van der Waals surface area (Å²) in [4.78, 5) is 39.1. The first-order chi connectivity index (χ1) is 16.3. The zero-order valence-electron chi connectivity index (χ0n) is 19.9. The summed E-state index contributed by atoms with van der Waals surface area (Å²) in [6.07, 6.45) is 0.0498. The summed E-state index contributed by atoms with van der Waals surface area (Å²) in [5.41, 5.74) is 4.54. The van der Waals surface area contributed by atoms with E-state index in [1.54, 1.807) is 4.90 Å². The molecule has 1 aliphatic carbocycles. The van der Waals surface area contributed by atoms with Gasteiger partial charge in [-0.15, -0.1) is 0 Å². The molecular weight excluding hydrogens is 432 g/mol. The van der Waals surface area contributed by atoms with Crippen molar-refractivity contribution in [1.29, 1.82) is 0 Å². The number of carboxylic acids is 1. The third kappa shape index (κ3) is 4.52. The number of fused-ring (bicyclic) bond motifs is 3. The largest absolute Gasteiger partial charge is 0.481 e. The lowest BCUT2D eigenvalue weighted by Crippen LogP contribution is -2.51. The average molecular weight is 465 g/mol. The lowest BCUT2D eigenvalue weighted by Gasteiger charge is -2.28. The van der Waals surface area contributed by atoms with Gasteiger partial charge in [-0.1, -0.05) is 75.7 Å². The topological polar surface area (TPSA) is 95.9 Å². The van der Waals surface area contributed by atoms with Crippen LogP contribution in [0.1, 0.15) is 44.2 Å². The molecule has 0 spiro atoms. The maximum absolute atomic E-state index is 13.2. The van der Waals surface area contributed by atoms with E-state index in [1.165, 1.54) is 0 Å². The minimum Gasteiger partial charge on any atom is -0.481 e. The van der Waals surface area contributed by atoms with Crippen LogP contribution in [-0.2, 0) is 14.3 Å². The van der Waals surface area contributed by atoms with E-state index in [0.717, 1.165) is 22.3 Å². The van der Waals surface area contributed by atoms with Crippen LogP contribution in [0.2, 0.25) is 0 Å². The number of ether oxygens (including phenoxy) is 1. The second kappa shape index (κ2) is 9.87. The molecule has 0 aromatic heterocycles. The first-order valence-corrected chi connectivity index (χ1v) is 11.9. The van der Waals surface area contributed by atoms with Crippen molar-refractivity contribution < 1.29 is 24.2 Å². The smallest absolute Gasteiger partial charge is 0.407 e. The maximum Gasteiger partial charge on any atom is 0.407 e. The van der Waals surface area contributed by atoms with E-state index in [9.17, 15) is 19.5 Å². The SMILES string of the molecule is CCC(C)[C@H](NC(=O)OCC1c2ccccc2-c2ccccc21)C(=O)N1C[C@@H](C)[C@H](C(=O)O)C1. The van der Waals surface area contributed by atoms with Crippen LogP contribution in [0.15, 0.2) is 48.5 Å². The fraction of sp³-hybridized carbons (Fsp3) is 0.444. The molecule has 7 heteroatoms. The van der Waals surface area contributed by atoms with Crippen molar-refractivity contribution in [3.8, 4) is 11.1 Å². The Morgan fingerprint density at radius 3 is 2.18 bits per heavy atom. The van der Waals surface area contributed by atoms with Gasteiger partial charge in [-0.2, -0.15) is 0 Å². The van der Waals surface area contributed by atoms with Gasteiger partial charge in [0.15, 0.2) is 0 Å². The van der Waals surface area contributed by atoms with Crippen molar-refractivity contribution >= 4 is 18.0 Å². The molecule has 2 amide bonds. The van der Waals surface area contributed by atoms with Crippen LogP contribution in [0.25, 0.3) is 11.1 Å². The molecule has 1 saturated heterocycles. The Hall–Kier alpha value is -3.35. The summed E-state index contributed by atoms with van der Waals surface area (Å²) in [6, 6.07) is 15.5. The average Bonchev–Trinajstić information content (AvgIpc) is 3.38. The number of carboxylic acid groups (broad SMARTS) is 1. The van der Waals surface area contributed by atoms with Gasteiger partial charge in [0, 0.05) is 19.0 Å². The Balaban J connectivity index is 1.43.